The molecule has 16 heavy (non-hydrogen) atoms. The van der Waals surface area contributed by atoms with Crippen LogP contribution in [0.4, 0.5) is 0 Å². The van der Waals surface area contributed by atoms with E-state index >= 15 is 0 Å². The Bertz CT molecular complexity index is 483. The fourth-order valence-corrected chi connectivity index (χ4v) is 2.03. The van der Waals surface area contributed by atoms with Crippen molar-refractivity contribution in [2.45, 2.75) is 24.8 Å². The third-order valence-electron chi connectivity index (χ3n) is 3.23. The van der Waals surface area contributed by atoms with Gasteiger partial charge in [-0.05, 0) is 36.5 Å². The first-order valence-electron chi connectivity index (χ1n) is 5.66. The molecule has 2 N–H and O–H groups in total. The Morgan fingerprint density at radius 2 is 2.06 bits per heavy atom. The van der Waals surface area contributed by atoms with Gasteiger partial charge in [-0.2, -0.15) is 0 Å². The first-order valence-corrected chi connectivity index (χ1v) is 5.66. The second-order valence-corrected chi connectivity index (χ2v) is 4.75. The summed E-state index contributed by atoms with van der Waals surface area (Å²) in [5.41, 5.74) is 9.86. The Morgan fingerprint density at radius 1 is 1.19 bits per heavy atom. The van der Waals surface area contributed by atoms with E-state index in [0.717, 1.165) is 24.8 Å². The highest BCUT2D eigenvalue weighted by atomic mass is 16.3. The maximum Gasteiger partial charge on any atom is 0.0980 e. The normalized spacial score (nSPS) is 17.3. The summed E-state index contributed by atoms with van der Waals surface area (Å²) in [7, 11) is 0. The maximum atomic E-state index is 6.13. The number of furan rings is 1. The molecule has 1 aromatic carbocycles. The molecular formula is C14H15NO. The first-order chi connectivity index (χ1) is 7.75. The highest BCUT2D eigenvalue weighted by Gasteiger charge is 2.37. The van der Waals surface area contributed by atoms with E-state index in [4.69, 9.17) is 10.2 Å². The van der Waals surface area contributed by atoms with Crippen LogP contribution in [-0.4, -0.2) is 5.54 Å². The summed E-state index contributed by atoms with van der Waals surface area (Å²) in [6, 6.07) is 10.5. The molecule has 82 valence electrons. The topological polar surface area (TPSA) is 39.2 Å². The average Bonchev–Trinajstić information content (AvgIpc) is 2.84. The minimum atomic E-state index is 0.0784. The largest absolute Gasteiger partial charge is 0.472 e. The van der Waals surface area contributed by atoms with Gasteiger partial charge >= 0.3 is 0 Å². The summed E-state index contributed by atoms with van der Waals surface area (Å²) in [6.07, 6.45) is 6.77. The summed E-state index contributed by atoms with van der Waals surface area (Å²) >= 11 is 0. The standard InChI is InChI=1S/C14H15NO/c15-14(5-6-14)9-11-2-1-3-12(8-11)13-4-7-16-10-13/h1-4,7-8,10H,5-6,9,15H2. The van der Waals surface area contributed by atoms with E-state index < -0.39 is 0 Å². The Morgan fingerprint density at radius 3 is 2.75 bits per heavy atom. The molecule has 0 radical (unpaired) electrons. The molecule has 0 unspecified atom stereocenters. The van der Waals surface area contributed by atoms with Crippen molar-refractivity contribution in [3.63, 3.8) is 0 Å². The highest BCUT2D eigenvalue weighted by molar-refractivity contribution is 5.62. The third kappa shape index (κ3) is 1.89. The van der Waals surface area contributed by atoms with Gasteiger partial charge in [-0.1, -0.05) is 24.3 Å². The molecule has 1 aromatic heterocycles. The lowest BCUT2D eigenvalue weighted by molar-refractivity contribution is 0.568. The van der Waals surface area contributed by atoms with Crippen LogP contribution in [0.1, 0.15) is 18.4 Å². The first kappa shape index (κ1) is 9.67. The van der Waals surface area contributed by atoms with Crippen LogP contribution in [0.5, 0.6) is 0 Å². The van der Waals surface area contributed by atoms with Gasteiger partial charge in [0.1, 0.15) is 0 Å². The SMILES string of the molecule is NC1(Cc2cccc(-c3ccoc3)c2)CC1. The van der Waals surface area contributed by atoms with Gasteiger partial charge in [0, 0.05) is 11.1 Å². The second kappa shape index (κ2) is 3.49. The molecule has 2 nitrogen and oxygen atoms in total. The van der Waals surface area contributed by atoms with Crippen molar-refractivity contribution in [3.8, 4) is 11.1 Å². The third-order valence-corrected chi connectivity index (χ3v) is 3.23. The lowest BCUT2D eigenvalue weighted by Gasteiger charge is -2.09. The summed E-state index contributed by atoms with van der Waals surface area (Å²) in [5, 5.41) is 0. The Hall–Kier alpha value is -1.54. The van der Waals surface area contributed by atoms with Crippen molar-refractivity contribution >= 4 is 0 Å². The summed E-state index contributed by atoms with van der Waals surface area (Å²) in [5.74, 6) is 0. The van der Waals surface area contributed by atoms with Crippen LogP contribution in [0, 0.1) is 0 Å². The van der Waals surface area contributed by atoms with Crippen LogP contribution in [0.3, 0.4) is 0 Å². The highest BCUT2D eigenvalue weighted by Crippen LogP contribution is 2.36. The zero-order valence-corrected chi connectivity index (χ0v) is 9.15. The number of nitrogens with two attached hydrogens (primary N) is 1. The maximum absolute atomic E-state index is 6.13. The van der Waals surface area contributed by atoms with Gasteiger partial charge in [0.25, 0.3) is 0 Å². The number of rotatable bonds is 3. The molecule has 1 saturated carbocycles. The minimum absolute atomic E-state index is 0.0784. The van der Waals surface area contributed by atoms with E-state index in [2.05, 4.69) is 24.3 Å². The van der Waals surface area contributed by atoms with E-state index in [0.29, 0.717) is 0 Å². The fourth-order valence-electron chi connectivity index (χ4n) is 2.03. The molecular weight excluding hydrogens is 198 g/mol. The van der Waals surface area contributed by atoms with Crippen molar-refractivity contribution in [2.75, 3.05) is 0 Å². The molecule has 2 heteroatoms. The Balaban J connectivity index is 1.88. The van der Waals surface area contributed by atoms with Gasteiger partial charge in [-0.3, -0.25) is 0 Å². The van der Waals surface area contributed by atoms with Crippen molar-refractivity contribution in [1.29, 1.82) is 0 Å². The van der Waals surface area contributed by atoms with Crippen LogP contribution < -0.4 is 5.73 Å². The van der Waals surface area contributed by atoms with Gasteiger partial charge in [0.05, 0.1) is 12.5 Å². The molecule has 0 aliphatic heterocycles. The summed E-state index contributed by atoms with van der Waals surface area (Å²) < 4.78 is 5.10. The van der Waals surface area contributed by atoms with E-state index in [1.165, 1.54) is 11.1 Å². The van der Waals surface area contributed by atoms with Gasteiger partial charge in [-0.15, -0.1) is 0 Å². The van der Waals surface area contributed by atoms with Crippen LogP contribution >= 0.6 is 0 Å². The minimum Gasteiger partial charge on any atom is -0.472 e. The predicted molar refractivity (Wildman–Crippen MR) is 64.0 cm³/mol. The summed E-state index contributed by atoms with van der Waals surface area (Å²) in [4.78, 5) is 0. The van der Waals surface area contributed by atoms with Gasteiger partial charge in [-0.25, -0.2) is 0 Å². The van der Waals surface area contributed by atoms with Crippen molar-refractivity contribution in [3.05, 3.63) is 48.4 Å². The molecule has 1 aliphatic carbocycles. The Kier molecular flexibility index (Phi) is 2.11. The molecule has 1 fully saturated rings. The zero-order chi connectivity index (χ0) is 11.0. The zero-order valence-electron chi connectivity index (χ0n) is 9.15. The number of hydrogen-bond donors (Lipinski definition) is 1. The summed E-state index contributed by atoms with van der Waals surface area (Å²) in [6.45, 7) is 0. The number of hydrogen-bond acceptors (Lipinski definition) is 2. The van der Waals surface area contributed by atoms with Crippen LogP contribution in [-0.2, 0) is 6.42 Å². The lowest BCUT2D eigenvalue weighted by atomic mass is 10.0. The quantitative estimate of drug-likeness (QED) is 0.851. The lowest BCUT2D eigenvalue weighted by Crippen LogP contribution is -2.24. The second-order valence-electron chi connectivity index (χ2n) is 4.75. The van der Waals surface area contributed by atoms with E-state index in [1.807, 2.05) is 6.07 Å². The monoisotopic (exact) mass is 213 g/mol. The van der Waals surface area contributed by atoms with Crippen molar-refractivity contribution < 1.29 is 4.42 Å². The molecule has 3 rings (SSSR count). The molecule has 0 amide bonds. The molecule has 0 atom stereocenters. The van der Waals surface area contributed by atoms with Crippen molar-refractivity contribution in [2.24, 2.45) is 5.73 Å². The fraction of sp³-hybridized carbons (Fsp3) is 0.286. The van der Waals surface area contributed by atoms with E-state index in [9.17, 15) is 0 Å². The van der Waals surface area contributed by atoms with Crippen LogP contribution in [0.25, 0.3) is 11.1 Å². The molecule has 1 aliphatic rings. The Labute approximate surface area is 95.1 Å². The molecule has 0 bridgehead atoms. The van der Waals surface area contributed by atoms with Crippen LogP contribution in [0.2, 0.25) is 0 Å². The van der Waals surface area contributed by atoms with Crippen LogP contribution in [0.15, 0.2) is 47.3 Å². The van der Waals surface area contributed by atoms with Gasteiger partial charge in [0.15, 0.2) is 0 Å². The molecule has 0 spiro atoms. The predicted octanol–water partition coefficient (Wildman–Crippen LogP) is 2.98. The average molecular weight is 213 g/mol. The smallest absolute Gasteiger partial charge is 0.0980 e. The van der Waals surface area contributed by atoms with Crippen molar-refractivity contribution in [1.82, 2.24) is 0 Å². The molecule has 2 aromatic rings. The molecule has 1 heterocycles. The van der Waals surface area contributed by atoms with E-state index in [1.54, 1.807) is 12.5 Å². The number of benzene rings is 1. The molecule has 0 saturated heterocycles. The van der Waals surface area contributed by atoms with Gasteiger partial charge < -0.3 is 10.2 Å². The van der Waals surface area contributed by atoms with E-state index in [-0.39, 0.29) is 5.54 Å². The van der Waals surface area contributed by atoms with Gasteiger partial charge in [0.2, 0.25) is 0 Å².